The van der Waals surface area contributed by atoms with E-state index in [0.29, 0.717) is 11.3 Å². The van der Waals surface area contributed by atoms with Gasteiger partial charge in [-0.1, -0.05) is 17.3 Å². The van der Waals surface area contributed by atoms with Crippen LogP contribution in [0.3, 0.4) is 0 Å². The van der Waals surface area contributed by atoms with Crippen LogP contribution in [0.4, 0.5) is 18.9 Å². The Balaban J connectivity index is 0.00000261. The first kappa shape index (κ1) is 21.2. The SMILES string of the molecule is Cl.O=C(Nc1ccc(CCC(F)(F)F)cc1)c1cn(C2CCNCC2)nn1. The molecule has 1 aromatic carbocycles. The van der Waals surface area contributed by atoms with Crippen LogP contribution in [0.25, 0.3) is 0 Å². The van der Waals surface area contributed by atoms with Crippen LogP contribution in [0.1, 0.15) is 41.4 Å². The van der Waals surface area contributed by atoms with Crippen molar-refractivity contribution in [1.29, 1.82) is 0 Å². The summed E-state index contributed by atoms with van der Waals surface area (Å²) >= 11 is 0. The monoisotopic (exact) mass is 403 g/mol. The average Bonchev–Trinajstić information content (AvgIpc) is 3.11. The Labute approximate surface area is 160 Å². The van der Waals surface area contributed by atoms with E-state index in [1.807, 2.05) is 0 Å². The molecule has 1 saturated heterocycles. The topological polar surface area (TPSA) is 71.8 Å². The first-order chi connectivity index (χ1) is 12.4. The van der Waals surface area contributed by atoms with Gasteiger partial charge >= 0.3 is 6.18 Å². The van der Waals surface area contributed by atoms with Crippen LogP contribution in [0.15, 0.2) is 30.5 Å². The summed E-state index contributed by atoms with van der Waals surface area (Å²) in [5.41, 5.74) is 1.28. The van der Waals surface area contributed by atoms with Crippen molar-refractivity contribution in [1.82, 2.24) is 20.3 Å². The molecule has 3 rings (SSSR count). The number of hydrogen-bond donors (Lipinski definition) is 2. The van der Waals surface area contributed by atoms with Gasteiger partial charge in [0.2, 0.25) is 0 Å². The second kappa shape index (κ2) is 9.18. The van der Waals surface area contributed by atoms with Crippen LogP contribution < -0.4 is 10.6 Å². The zero-order valence-electron chi connectivity index (χ0n) is 14.5. The summed E-state index contributed by atoms with van der Waals surface area (Å²) in [4.78, 5) is 12.3. The second-order valence-corrected chi connectivity index (χ2v) is 6.33. The molecule has 0 radical (unpaired) electrons. The van der Waals surface area contributed by atoms with E-state index in [1.165, 1.54) is 0 Å². The molecule has 6 nitrogen and oxygen atoms in total. The number of aryl methyl sites for hydroxylation is 1. The molecule has 0 spiro atoms. The zero-order valence-corrected chi connectivity index (χ0v) is 15.3. The van der Waals surface area contributed by atoms with E-state index in [1.54, 1.807) is 35.1 Å². The van der Waals surface area contributed by atoms with Gasteiger partial charge in [-0.25, -0.2) is 4.68 Å². The molecule has 1 aliphatic heterocycles. The van der Waals surface area contributed by atoms with Gasteiger partial charge in [-0.05, 0) is 50.0 Å². The quantitative estimate of drug-likeness (QED) is 0.803. The van der Waals surface area contributed by atoms with Crippen LogP contribution in [-0.2, 0) is 6.42 Å². The minimum atomic E-state index is -4.17. The number of hydrogen-bond acceptors (Lipinski definition) is 4. The Bertz CT molecular complexity index is 742. The molecule has 2 aromatic rings. The van der Waals surface area contributed by atoms with Crippen molar-refractivity contribution in [2.24, 2.45) is 0 Å². The number of piperidine rings is 1. The highest BCUT2D eigenvalue weighted by Crippen LogP contribution is 2.23. The number of nitrogens with one attached hydrogen (secondary N) is 2. The van der Waals surface area contributed by atoms with Crippen LogP contribution in [0, 0.1) is 0 Å². The van der Waals surface area contributed by atoms with Gasteiger partial charge in [-0.15, -0.1) is 17.5 Å². The molecule has 10 heteroatoms. The Morgan fingerprint density at radius 3 is 2.52 bits per heavy atom. The molecule has 148 valence electrons. The van der Waals surface area contributed by atoms with Crippen LogP contribution in [-0.4, -0.2) is 40.2 Å². The van der Waals surface area contributed by atoms with Gasteiger partial charge in [0.1, 0.15) is 0 Å². The highest BCUT2D eigenvalue weighted by molar-refractivity contribution is 6.02. The maximum Gasteiger partial charge on any atom is 0.389 e. The number of benzene rings is 1. The fourth-order valence-electron chi connectivity index (χ4n) is 2.87. The van der Waals surface area contributed by atoms with Gasteiger partial charge in [0.15, 0.2) is 5.69 Å². The van der Waals surface area contributed by atoms with Gasteiger partial charge in [-0.2, -0.15) is 13.2 Å². The van der Waals surface area contributed by atoms with Crippen molar-refractivity contribution < 1.29 is 18.0 Å². The summed E-state index contributed by atoms with van der Waals surface area (Å²) in [5, 5.41) is 13.9. The van der Waals surface area contributed by atoms with E-state index in [-0.39, 0.29) is 30.6 Å². The van der Waals surface area contributed by atoms with E-state index in [4.69, 9.17) is 0 Å². The van der Waals surface area contributed by atoms with Crippen molar-refractivity contribution >= 4 is 24.0 Å². The highest BCUT2D eigenvalue weighted by atomic mass is 35.5. The predicted molar refractivity (Wildman–Crippen MR) is 97.2 cm³/mol. The zero-order chi connectivity index (χ0) is 18.6. The summed E-state index contributed by atoms with van der Waals surface area (Å²) < 4.78 is 38.4. The number of aromatic nitrogens is 3. The lowest BCUT2D eigenvalue weighted by Gasteiger charge is -2.22. The van der Waals surface area contributed by atoms with Gasteiger partial charge in [0, 0.05) is 12.1 Å². The number of nitrogens with zero attached hydrogens (tertiary/aromatic N) is 3. The average molecular weight is 404 g/mol. The van der Waals surface area contributed by atoms with Crippen LogP contribution in [0.2, 0.25) is 0 Å². The minimum absolute atomic E-state index is 0. The standard InChI is InChI=1S/C17H20F3N5O.ClH/c18-17(19,20)8-5-12-1-3-13(4-2-12)22-16(26)15-11-25(24-23-15)14-6-9-21-10-7-14;/h1-4,11,14,21H,5-10H2,(H,22,26);1H. The Morgan fingerprint density at radius 2 is 1.89 bits per heavy atom. The Morgan fingerprint density at radius 1 is 1.22 bits per heavy atom. The number of carbonyl (C=O) groups excluding carboxylic acids is 1. The lowest BCUT2D eigenvalue weighted by atomic mass is 10.1. The molecule has 27 heavy (non-hydrogen) atoms. The van der Waals surface area contributed by atoms with Crippen molar-refractivity contribution in [2.75, 3.05) is 18.4 Å². The molecular weight excluding hydrogens is 383 g/mol. The molecule has 0 unspecified atom stereocenters. The van der Waals surface area contributed by atoms with E-state index in [0.717, 1.165) is 25.9 Å². The number of rotatable bonds is 5. The Kier molecular flexibility index (Phi) is 7.20. The van der Waals surface area contributed by atoms with E-state index < -0.39 is 18.5 Å². The first-order valence-electron chi connectivity index (χ1n) is 8.50. The molecule has 1 fully saturated rings. The third-order valence-electron chi connectivity index (χ3n) is 4.33. The second-order valence-electron chi connectivity index (χ2n) is 6.33. The number of halogens is 4. The fourth-order valence-corrected chi connectivity index (χ4v) is 2.87. The van der Waals surface area contributed by atoms with Gasteiger partial charge in [-0.3, -0.25) is 4.79 Å². The number of amides is 1. The Hall–Kier alpha value is -2.13. The largest absolute Gasteiger partial charge is 0.389 e. The predicted octanol–water partition coefficient (Wildman–Crippen LogP) is 3.37. The molecule has 1 aliphatic rings. The molecule has 2 heterocycles. The van der Waals surface area contributed by atoms with Gasteiger partial charge in [0.05, 0.1) is 12.2 Å². The number of alkyl halides is 3. The molecule has 0 aliphatic carbocycles. The molecule has 1 amide bonds. The maximum absolute atomic E-state index is 12.3. The van der Waals surface area contributed by atoms with Crippen molar-refractivity contribution in [3.05, 3.63) is 41.7 Å². The van der Waals surface area contributed by atoms with Crippen molar-refractivity contribution in [2.45, 2.75) is 37.9 Å². The van der Waals surface area contributed by atoms with Gasteiger partial charge < -0.3 is 10.6 Å². The first-order valence-corrected chi connectivity index (χ1v) is 8.50. The third-order valence-corrected chi connectivity index (χ3v) is 4.33. The van der Waals surface area contributed by atoms with Crippen molar-refractivity contribution in [3.63, 3.8) is 0 Å². The molecule has 0 bridgehead atoms. The van der Waals surface area contributed by atoms with E-state index >= 15 is 0 Å². The fraction of sp³-hybridized carbons (Fsp3) is 0.471. The number of carbonyl (C=O) groups is 1. The lowest BCUT2D eigenvalue weighted by Crippen LogP contribution is -2.29. The highest BCUT2D eigenvalue weighted by Gasteiger charge is 2.26. The third kappa shape index (κ3) is 6.21. The molecule has 2 N–H and O–H groups in total. The lowest BCUT2D eigenvalue weighted by molar-refractivity contribution is -0.133. The minimum Gasteiger partial charge on any atom is -0.321 e. The molecule has 0 atom stereocenters. The van der Waals surface area contributed by atoms with Gasteiger partial charge in [0.25, 0.3) is 5.91 Å². The summed E-state index contributed by atoms with van der Waals surface area (Å²) in [5.74, 6) is -0.395. The summed E-state index contributed by atoms with van der Waals surface area (Å²) in [7, 11) is 0. The summed E-state index contributed by atoms with van der Waals surface area (Å²) in [6.45, 7) is 1.82. The van der Waals surface area contributed by atoms with E-state index in [2.05, 4.69) is 20.9 Å². The summed E-state index contributed by atoms with van der Waals surface area (Å²) in [6.07, 6.45) is -1.62. The van der Waals surface area contributed by atoms with Crippen LogP contribution >= 0.6 is 12.4 Å². The smallest absolute Gasteiger partial charge is 0.321 e. The maximum atomic E-state index is 12.3. The van der Waals surface area contributed by atoms with E-state index in [9.17, 15) is 18.0 Å². The molecular formula is C17H21ClF3N5O. The van der Waals surface area contributed by atoms with Crippen LogP contribution in [0.5, 0.6) is 0 Å². The van der Waals surface area contributed by atoms with Crippen molar-refractivity contribution in [3.8, 4) is 0 Å². The summed E-state index contributed by atoms with van der Waals surface area (Å²) in [6, 6.07) is 6.56. The molecule has 0 saturated carbocycles. The molecule has 1 aromatic heterocycles. The number of anilines is 1. The normalized spacial score (nSPS) is 15.2.